The summed E-state index contributed by atoms with van der Waals surface area (Å²) in [6.07, 6.45) is 3.78. The van der Waals surface area contributed by atoms with Gasteiger partial charge in [-0.3, -0.25) is 9.59 Å². The fourth-order valence-electron chi connectivity index (χ4n) is 4.20. The van der Waals surface area contributed by atoms with E-state index < -0.39 is 6.04 Å². The van der Waals surface area contributed by atoms with Crippen LogP contribution in [0, 0.1) is 5.92 Å². The summed E-state index contributed by atoms with van der Waals surface area (Å²) in [7, 11) is 0. The number of hydrogen-bond acceptors (Lipinski definition) is 2. The highest BCUT2D eigenvalue weighted by atomic mass is 35.5. The highest BCUT2D eigenvalue weighted by Crippen LogP contribution is 2.29. The standard InChI is InChI=1S/C26H33ClN2O2/c1-3-19(2)25(28-24(30)14-9-20-7-5-4-6-8-20)26(31)29-17-15-22(16-18-29)21-10-12-23(27)13-11-21/h4-8,10-13,19,22,25H,3,9,14-18H2,1-2H3,(H,28,30)/t19?,25-/m1/s1. The number of carbonyl (C=O) groups excluding carboxylic acids is 2. The van der Waals surface area contributed by atoms with Gasteiger partial charge in [0.15, 0.2) is 0 Å². The molecule has 31 heavy (non-hydrogen) atoms. The van der Waals surface area contributed by atoms with E-state index in [4.69, 9.17) is 11.6 Å². The van der Waals surface area contributed by atoms with Gasteiger partial charge in [-0.2, -0.15) is 0 Å². The van der Waals surface area contributed by atoms with E-state index in [-0.39, 0.29) is 17.7 Å². The fourth-order valence-corrected chi connectivity index (χ4v) is 4.32. The molecule has 0 bridgehead atoms. The highest BCUT2D eigenvalue weighted by Gasteiger charge is 2.32. The Morgan fingerprint density at radius 1 is 1.06 bits per heavy atom. The van der Waals surface area contributed by atoms with Crippen molar-refractivity contribution in [2.75, 3.05) is 13.1 Å². The van der Waals surface area contributed by atoms with Gasteiger partial charge < -0.3 is 10.2 Å². The van der Waals surface area contributed by atoms with E-state index in [0.717, 1.165) is 42.9 Å². The van der Waals surface area contributed by atoms with E-state index in [0.29, 0.717) is 18.8 Å². The molecule has 1 fully saturated rings. The van der Waals surface area contributed by atoms with Gasteiger partial charge in [-0.1, -0.05) is 74.3 Å². The predicted octanol–water partition coefficient (Wildman–Crippen LogP) is 5.21. The smallest absolute Gasteiger partial charge is 0.245 e. The van der Waals surface area contributed by atoms with Crippen LogP contribution in [0.2, 0.25) is 5.02 Å². The van der Waals surface area contributed by atoms with E-state index in [1.165, 1.54) is 5.56 Å². The third kappa shape index (κ3) is 6.57. The van der Waals surface area contributed by atoms with E-state index in [2.05, 4.69) is 24.4 Å². The van der Waals surface area contributed by atoms with Gasteiger partial charge >= 0.3 is 0 Å². The number of piperidine rings is 1. The first-order valence-corrected chi connectivity index (χ1v) is 11.7. The van der Waals surface area contributed by atoms with Crippen molar-refractivity contribution >= 4 is 23.4 Å². The molecule has 2 atom stereocenters. The molecule has 1 saturated heterocycles. The molecule has 1 heterocycles. The van der Waals surface area contributed by atoms with Crippen LogP contribution < -0.4 is 5.32 Å². The first-order chi connectivity index (χ1) is 15.0. The van der Waals surface area contributed by atoms with Crippen LogP contribution in [0.1, 0.15) is 56.6 Å². The van der Waals surface area contributed by atoms with Crippen molar-refractivity contribution in [1.29, 1.82) is 0 Å². The summed E-state index contributed by atoms with van der Waals surface area (Å²) < 4.78 is 0. The Morgan fingerprint density at radius 2 is 1.71 bits per heavy atom. The second kappa shape index (κ2) is 11.3. The summed E-state index contributed by atoms with van der Waals surface area (Å²) in [5, 5.41) is 3.79. The van der Waals surface area contributed by atoms with Gasteiger partial charge in [0, 0.05) is 24.5 Å². The molecular formula is C26H33ClN2O2. The van der Waals surface area contributed by atoms with Crippen LogP contribution in [-0.4, -0.2) is 35.8 Å². The topological polar surface area (TPSA) is 49.4 Å². The monoisotopic (exact) mass is 440 g/mol. The number of nitrogens with one attached hydrogen (secondary N) is 1. The lowest BCUT2D eigenvalue weighted by molar-refractivity contribution is -0.138. The number of nitrogens with zero attached hydrogens (tertiary/aromatic N) is 1. The average molecular weight is 441 g/mol. The van der Waals surface area contributed by atoms with Crippen LogP contribution in [-0.2, 0) is 16.0 Å². The van der Waals surface area contributed by atoms with Crippen molar-refractivity contribution in [1.82, 2.24) is 10.2 Å². The fraction of sp³-hybridized carbons (Fsp3) is 0.462. The summed E-state index contributed by atoms with van der Waals surface area (Å²) in [6.45, 7) is 5.55. The molecule has 2 aromatic carbocycles. The molecule has 3 rings (SSSR count). The molecule has 2 aromatic rings. The Hall–Kier alpha value is -2.33. The molecule has 1 aliphatic heterocycles. The largest absolute Gasteiger partial charge is 0.344 e. The van der Waals surface area contributed by atoms with Crippen molar-refractivity contribution < 1.29 is 9.59 Å². The summed E-state index contributed by atoms with van der Waals surface area (Å²) in [4.78, 5) is 27.8. The Kier molecular flexibility index (Phi) is 8.53. The molecular weight excluding hydrogens is 408 g/mol. The van der Waals surface area contributed by atoms with Gasteiger partial charge in [-0.15, -0.1) is 0 Å². The first-order valence-electron chi connectivity index (χ1n) is 11.4. The summed E-state index contributed by atoms with van der Waals surface area (Å²) in [5.74, 6) is 0.543. The van der Waals surface area contributed by atoms with Crippen molar-refractivity contribution in [3.05, 3.63) is 70.7 Å². The van der Waals surface area contributed by atoms with E-state index >= 15 is 0 Å². The Labute approximate surface area is 191 Å². The van der Waals surface area contributed by atoms with Crippen LogP contribution in [0.25, 0.3) is 0 Å². The summed E-state index contributed by atoms with van der Waals surface area (Å²) in [6, 6.07) is 17.5. The molecule has 1 N–H and O–H groups in total. The molecule has 0 aromatic heterocycles. The maximum Gasteiger partial charge on any atom is 0.245 e. The third-order valence-electron chi connectivity index (χ3n) is 6.43. The molecule has 5 heteroatoms. The lowest BCUT2D eigenvalue weighted by Crippen LogP contribution is -2.53. The molecule has 0 spiro atoms. The zero-order valence-corrected chi connectivity index (χ0v) is 19.3. The number of halogens is 1. The molecule has 2 amide bonds. The maximum absolute atomic E-state index is 13.3. The van der Waals surface area contributed by atoms with Gasteiger partial charge in [0.2, 0.25) is 11.8 Å². The van der Waals surface area contributed by atoms with Gasteiger partial charge in [0.05, 0.1) is 0 Å². The van der Waals surface area contributed by atoms with E-state index in [1.54, 1.807) is 0 Å². The third-order valence-corrected chi connectivity index (χ3v) is 6.68. The number of benzene rings is 2. The molecule has 0 saturated carbocycles. The maximum atomic E-state index is 13.3. The first kappa shape index (κ1) is 23.3. The Bertz CT molecular complexity index is 845. The zero-order chi connectivity index (χ0) is 22.2. The number of aryl methyl sites for hydroxylation is 1. The van der Waals surface area contributed by atoms with Gasteiger partial charge in [0.25, 0.3) is 0 Å². The molecule has 1 unspecified atom stereocenters. The quantitative estimate of drug-likeness (QED) is 0.612. The van der Waals surface area contributed by atoms with Crippen LogP contribution in [0.3, 0.4) is 0 Å². The van der Waals surface area contributed by atoms with Crippen LogP contribution in [0.4, 0.5) is 0 Å². The molecule has 0 radical (unpaired) electrons. The molecule has 1 aliphatic rings. The van der Waals surface area contributed by atoms with Crippen molar-refractivity contribution in [3.63, 3.8) is 0 Å². The van der Waals surface area contributed by atoms with Crippen LogP contribution in [0.5, 0.6) is 0 Å². The minimum Gasteiger partial charge on any atom is -0.344 e. The lowest BCUT2D eigenvalue weighted by atomic mass is 9.88. The highest BCUT2D eigenvalue weighted by molar-refractivity contribution is 6.30. The van der Waals surface area contributed by atoms with Gasteiger partial charge in [-0.05, 0) is 54.4 Å². The minimum atomic E-state index is -0.458. The number of amides is 2. The van der Waals surface area contributed by atoms with Crippen molar-refractivity contribution in [2.45, 2.75) is 57.9 Å². The summed E-state index contributed by atoms with van der Waals surface area (Å²) in [5.41, 5.74) is 2.41. The SMILES string of the molecule is CCC(C)[C@@H](NC(=O)CCc1ccccc1)C(=O)N1CCC(c2ccc(Cl)cc2)CC1. The van der Waals surface area contributed by atoms with Gasteiger partial charge in [0.1, 0.15) is 6.04 Å². The Morgan fingerprint density at radius 3 is 2.32 bits per heavy atom. The molecule has 4 nitrogen and oxygen atoms in total. The van der Waals surface area contributed by atoms with Crippen LogP contribution >= 0.6 is 11.6 Å². The number of hydrogen-bond donors (Lipinski definition) is 1. The second-order valence-electron chi connectivity index (χ2n) is 8.57. The number of likely N-dealkylation sites (tertiary alicyclic amines) is 1. The van der Waals surface area contributed by atoms with Crippen molar-refractivity contribution in [3.8, 4) is 0 Å². The van der Waals surface area contributed by atoms with Crippen molar-refractivity contribution in [2.24, 2.45) is 5.92 Å². The average Bonchev–Trinajstić information content (AvgIpc) is 2.81. The van der Waals surface area contributed by atoms with E-state index in [1.807, 2.05) is 54.3 Å². The molecule has 0 aliphatic carbocycles. The second-order valence-corrected chi connectivity index (χ2v) is 9.00. The lowest BCUT2D eigenvalue weighted by Gasteiger charge is -2.36. The predicted molar refractivity (Wildman–Crippen MR) is 126 cm³/mol. The summed E-state index contributed by atoms with van der Waals surface area (Å²) >= 11 is 6.00. The van der Waals surface area contributed by atoms with E-state index in [9.17, 15) is 9.59 Å². The number of rotatable bonds is 8. The normalized spacial score (nSPS) is 16.5. The van der Waals surface area contributed by atoms with Gasteiger partial charge in [-0.25, -0.2) is 0 Å². The zero-order valence-electron chi connectivity index (χ0n) is 18.5. The van der Waals surface area contributed by atoms with Crippen LogP contribution in [0.15, 0.2) is 54.6 Å². The minimum absolute atomic E-state index is 0.0527. The molecule has 166 valence electrons. The number of carbonyl (C=O) groups is 2. The Balaban J connectivity index is 1.55.